The molecule has 1 aromatic carbocycles. The number of likely N-dealkylation sites (N-methyl/N-ethyl adjacent to an activating group) is 1. The average molecular weight is 519 g/mol. The number of carboxylic acid groups (broad SMARTS) is 1. The Labute approximate surface area is 220 Å². The molecule has 1 aliphatic carbocycles. The molecule has 8 nitrogen and oxygen atoms in total. The number of anilines is 2. The molecule has 0 radical (unpaired) electrons. The Hall–Kier alpha value is -3.59. The number of amides is 2. The summed E-state index contributed by atoms with van der Waals surface area (Å²) in [5.41, 5.74) is 4.37. The van der Waals surface area contributed by atoms with Crippen molar-refractivity contribution in [2.24, 2.45) is 11.8 Å². The lowest BCUT2D eigenvalue weighted by Crippen LogP contribution is -2.35. The van der Waals surface area contributed by atoms with Gasteiger partial charge in [0.1, 0.15) is 5.82 Å². The third-order valence-corrected chi connectivity index (χ3v) is 8.38. The summed E-state index contributed by atoms with van der Waals surface area (Å²) >= 11 is 1.36. The number of hydrogen-bond donors (Lipinski definition) is 1. The highest BCUT2D eigenvalue weighted by Crippen LogP contribution is 2.37. The fourth-order valence-corrected chi connectivity index (χ4v) is 6.28. The number of aliphatic carboxylic acids is 1. The minimum absolute atomic E-state index is 0.0268. The van der Waals surface area contributed by atoms with Crippen molar-refractivity contribution in [2.75, 3.05) is 23.9 Å². The summed E-state index contributed by atoms with van der Waals surface area (Å²) in [6.45, 7) is 0. The second-order valence-corrected chi connectivity index (χ2v) is 10.8. The molecular weight excluding hydrogens is 488 g/mol. The molecule has 3 aromatic rings. The molecule has 2 aromatic heterocycles. The summed E-state index contributed by atoms with van der Waals surface area (Å²) in [5.74, 6) is -0.566. The van der Waals surface area contributed by atoms with Crippen molar-refractivity contribution >= 4 is 40.1 Å². The summed E-state index contributed by atoms with van der Waals surface area (Å²) in [6.07, 6.45) is 6.98. The van der Waals surface area contributed by atoms with Gasteiger partial charge in [-0.05, 0) is 24.0 Å². The Bertz CT molecular complexity index is 1350. The highest BCUT2D eigenvalue weighted by Gasteiger charge is 2.31. The molecule has 5 rings (SSSR count). The van der Waals surface area contributed by atoms with E-state index in [0.717, 1.165) is 53.6 Å². The second kappa shape index (κ2) is 10.4. The summed E-state index contributed by atoms with van der Waals surface area (Å²) in [5, 5.41) is 11.9. The van der Waals surface area contributed by atoms with Gasteiger partial charge in [-0.3, -0.25) is 24.2 Å². The Balaban J connectivity index is 1.40. The van der Waals surface area contributed by atoms with Crippen LogP contribution in [0.1, 0.15) is 44.1 Å². The van der Waals surface area contributed by atoms with Crippen LogP contribution in [0.4, 0.5) is 10.9 Å². The highest BCUT2D eigenvalue weighted by atomic mass is 32.1. The third kappa shape index (κ3) is 5.13. The van der Waals surface area contributed by atoms with Crippen LogP contribution >= 0.6 is 11.3 Å². The normalized spacial score (nSPS) is 16.2. The number of thiazole rings is 1. The maximum atomic E-state index is 13.4. The second-order valence-electron chi connectivity index (χ2n) is 9.98. The predicted molar refractivity (Wildman–Crippen MR) is 144 cm³/mol. The molecule has 192 valence electrons. The monoisotopic (exact) mass is 518 g/mol. The van der Waals surface area contributed by atoms with Crippen LogP contribution in [0.2, 0.25) is 0 Å². The summed E-state index contributed by atoms with van der Waals surface area (Å²) in [7, 11) is 3.41. The highest BCUT2D eigenvalue weighted by molar-refractivity contribution is 7.14. The Kier molecular flexibility index (Phi) is 7.06. The number of carbonyl (C=O) groups is 3. The Morgan fingerprint density at radius 2 is 1.95 bits per heavy atom. The number of aromatic nitrogens is 2. The minimum Gasteiger partial charge on any atom is -0.481 e. The Morgan fingerprint density at radius 3 is 2.68 bits per heavy atom. The molecule has 9 heteroatoms. The van der Waals surface area contributed by atoms with Crippen LogP contribution in [0, 0.1) is 11.8 Å². The fourth-order valence-electron chi connectivity index (χ4n) is 5.48. The first-order chi connectivity index (χ1) is 17.8. The number of fused-ring (bicyclic) bond motifs is 1. The van der Waals surface area contributed by atoms with Gasteiger partial charge in [0.25, 0.3) is 0 Å². The first-order valence-corrected chi connectivity index (χ1v) is 13.5. The minimum atomic E-state index is -0.950. The predicted octanol–water partition coefficient (Wildman–Crippen LogP) is 5.03. The number of pyridine rings is 1. The zero-order valence-electron chi connectivity index (χ0n) is 21.0. The lowest BCUT2D eigenvalue weighted by molar-refractivity contribution is -0.140. The van der Waals surface area contributed by atoms with Gasteiger partial charge in [-0.25, -0.2) is 9.97 Å². The lowest BCUT2D eigenvalue weighted by atomic mass is 9.90. The van der Waals surface area contributed by atoms with Crippen LogP contribution in [0.5, 0.6) is 0 Å². The van der Waals surface area contributed by atoms with E-state index in [1.165, 1.54) is 16.2 Å². The van der Waals surface area contributed by atoms with Gasteiger partial charge in [0.15, 0.2) is 5.13 Å². The molecule has 1 fully saturated rings. The molecular formula is C28H30N4O4S. The van der Waals surface area contributed by atoms with Gasteiger partial charge in [-0.1, -0.05) is 49.9 Å². The van der Waals surface area contributed by atoms with Crippen LogP contribution in [-0.2, 0) is 20.8 Å². The van der Waals surface area contributed by atoms with Gasteiger partial charge < -0.3 is 5.11 Å². The van der Waals surface area contributed by atoms with Crippen molar-refractivity contribution in [1.82, 2.24) is 9.97 Å². The maximum absolute atomic E-state index is 13.4. The first-order valence-electron chi connectivity index (χ1n) is 12.6. The van der Waals surface area contributed by atoms with E-state index in [1.807, 2.05) is 35.7 Å². The molecule has 1 aliphatic heterocycles. The molecule has 0 saturated heterocycles. The number of carbonyl (C=O) groups excluding carboxylic acids is 2. The number of rotatable bonds is 8. The maximum Gasteiger partial charge on any atom is 0.304 e. The van der Waals surface area contributed by atoms with E-state index < -0.39 is 11.9 Å². The van der Waals surface area contributed by atoms with Gasteiger partial charge in [-0.2, -0.15) is 0 Å². The van der Waals surface area contributed by atoms with Crippen LogP contribution in [0.3, 0.4) is 0 Å². The van der Waals surface area contributed by atoms with Gasteiger partial charge in [0.2, 0.25) is 11.8 Å². The summed E-state index contributed by atoms with van der Waals surface area (Å²) < 4.78 is 0. The fraction of sp³-hybridized carbons (Fsp3) is 0.393. The molecule has 1 atom stereocenters. The van der Waals surface area contributed by atoms with E-state index in [9.17, 15) is 19.5 Å². The molecule has 2 amide bonds. The van der Waals surface area contributed by atoms with Crippen molar-refractivity contribution < 1.29 is 19.5 Å². The van der Waals surface area contributed by atoms with Crippen LogP contribution in [-0.4, -0.2) is 47.0 Å². The van der Waals surface area contributed by atoms with Gasteiger partial charge >= 0.3 is 5.97 Å². The molecule has 0 bridgehead atoms. The molecule has 1 saturated carbocycles. The zero-order chi connectivity index (χ0) is 26.1. The average Bonchev–Trinajstić information content (AvgIpc) is 3.64. The van der Waals surface area contributed by atoms with Crippen LogP contribution in [0.25, 0.3) is 22.4 Å². The van der Waals surface area contributed by atoms with Crippen LogP contribution < -0.4 is 9.80 Å². The van der Waals surface area contributed by atoms with E-state index in [2.05, 4.69) is 4.98 Å². The molecule has 1 N–H and O–H groups in total. The number of benzene rings is 1. The molecule has 0 spiro atoms. The molecule has 37 heavy (non-hydrogen) atoms. The van der Waals surface area contributed by atoms with Gasteiger partial charge in [0, 0.05) is 48.3 Å². The molecule has 0 unspecified atom stereocenters. The van der Waals surface area contributed by atoms with Crippen LogP contribution in [0.15, 0.2) is 41.9 Å². The van der Waals surface area contributed by atoms with E-state index >= 15 is 0 Å². The van der Waals surface area contributed by atoms with Gasteiger partial charge in [0.05, 0.1) is 18.5 Å². The smallest absolute Gasteiger partial charge is 0.304 e. The van der Waals surface area contributed by atoms with E-state index in [1.54, 1.807) is 25.2 Å². The van der Waals surface area contributed by atoms with Gasteiger partial charge in [-0.15, -0.1) is 11.3 Å². The Morgan fingerprint density at radius 1 is 1.22 bits per heavy atom. The summed E-state index contributed by atoms with van der Waals surface area (Å²) in [6, 6.07) is 9.87. The number of nitrogens with zero attached hydrogens (tertiary/aromatic N) is 4. The molecule has 3 heterocycles. The van der Waals surface area contributed by atoms with E-state index in [0.29, 0.717) is 29.7 Å². The standard InChI is InChI=1S/C28H30N4O4S/c1-31-24(33)13-18-12-20(15-29-26(18)31)21-9-5-6-10-22(21)23-16-37-28(30-23)32(2)27(36)19(14-25(34)35)11-17-7-3-4-8-17/h5-6,9-10,12,15-17,19H,3-4,7-8,11,13-14H2,1-2H3,(H,34,35)/t19-/m1/s1. The first kappa shape index (κ1) is 25.1. The van der Waals surface area contributed by atoms with Crippen molar-refractivity contribution in [3.8, 4) is 22.4 Å². The van der Waals surface area contributed by atoms with E-state index in [4.69, 9.17) is 4.98 Å². The number of hydrogen-bond acceptors (Lipinski definition) is 6. The van der Waals surface area contributed by atoms with Crippen molar-refractivity contribution in [3.63, 3.8) is 0 Å². The van der Waals surface area contributed by atoms with Crippen molar-refractivity contribution in [3.05, 3.63) is 47.5 Å². The zero-order valence-corrected chi connectivity index (χ0v) is 21.8. The van der Waals surface area contributed by atoms with Crippen molar-refractivity contribution in [2.45, 2.75) is 44.9 Å². The largest absolute Gasteiger partial charge is 0.481 e. The molecule has 2 aliphatic rings. The lowest BCUT2D eigenvalue weighted by Gasteiger charge is -2.23. The third-order valence-electron chi connectivity index (χ3n) is 7.46. The summed E-state index contributed by atoms with van der Waals surface area (Å²) in [4.78, 5) is 49.4. The SMILES string of the molecule is CN(C(=O)[C@@H](CC(=O)O)CC1CCCC1)c1nc(-c2ccccc2-c2cnc3c(c2)CC(=O)N3C)cs1. The van der Waals surface area contributed by atoms with Crippen molar-refractivity contribution in [1.29, 1.82) is 0 Å². The quantitative estimate of drug-likeness (QED) is 0.449. The topological polar surface area (TPSA) is 104 Å². The number of carboxylic acids is 1. The van der Waals surface area contributed by atoms with E-state index in [-0.39, 0.29) is 18.2 Å².